The Balaban J connectivity index is 2.12. The lowest BCUT2D eigenvalue weighted by Crippen LogP contribution is -2.14. The van der Waals surface area contributed by atoms with E-state index >= 15 is 0 Å². The van der Waals surface area contributed by atoms with Gasteiger partial charge in [0.15, 0.2) is 5.16 Å². The highest BCUT2D eigenvalue weighted by Crippen LogP contribution is 2.16. The summed E-state index contributed by atoms with van der Waals surface area (Å²) in [5.74, 6) is 6.19. The van der Waals surface area contributed by atoms with Crippen molar-refractivity contribution in [2.75, 3.05) is 18.3 Å². The molecule has 2 heterocycles. The number of imidazole rings is 1. The highest BCUT2D eigenvalue weighted by molar-refractivity contribution is 7.99. The summed E-state index contributed by atoms with van der Waals surface area (Å²) in [5, 5.41) is 0.459. The zero-order valence-electron chi connectivity index (χ0n) is 10.7. The fraction of sp³-hybridized carbons (Fsp3) is 0.300. The van der Waals surface area contributed by atoms with Crippen molar-refractivity contribution >= 4 is 23.7 Å². The summed E-state index contributed by atoms with van der Waals surface area (Å²) in [6.07, 6.45) is 5.17. The molecule has 2 aromatic rings. The third kappa shape index (κ3) is 3.65. The Kier molecular flexibility index (Phi) is 4.85. The number of methoxy groups -OCH3 is 1. The van der Waals surface area contributed by atoms with Gasteiger partial charge in [0.1, 0.15) is 6.33 Å². The zero-order chi connectivity index (χ0) is 14.4. The van der Waals surface area contributed by atoms with Crippen LogP contribution in [0.2, 0.25) is 0 Å². The number of nitrogens with zero attached hydrogens (tertiary/aromatic N) is 5. The number of hydrogen-bond acceptors (Lipinski definition) is 9. The summed E-state index contributed by atoms with van der Waals surface area (Å²) < 4.78 is 6.20. The number of aromatic nitrogens is 5. The third-order valence-electron chi connectivity index (χ3n) is 2.23. The van der Waals surface area contributed by atoms with Gasteiger partial charge in [-0.25, -0.2) is 10.8 Å². The molecule has 10 heteroatoms. The molecule has 0 aliphatic rings. The van der Waals surface area contributed by atoms with Crippen molar-refractivity contribution in [2.45, 2.75) is 11.6 Å². The molecule has 9 nitrogen and oxygen atoms in total. The van der Waals surface area contributed by atoms with Crippen molar-refractivity contribution < 1.29 is 9.53 Å². The molecule has 0 amide bonds. The number of carbonyl (C=O) groups is 1. The summed E-state index contributed by atoms with van der Waals surface area (Å²) >= 11 is 1.31. The molecule has 0 fully saturated rings. The number of ether oxygens (including phenoxy) is 1. The van der Waals surface area contributed by atoms with Crippen LogP contribution in [0.4, 0.5) is 5.95 Å². The Labute approximate surface area is 119 Å². The second kappa shape index (κ2) is 6.82. The molecule has 0 spiro atoms. The Bertz CT molecular complexity index is 575. The van der Waals surface area contributed by atoms with Crippen LogP contribution >= 0.6 is 11.8 Å². The minimum atomic E-state index is -0.279. The first kappa shape index (κ1) is 14.2. The number of nitrogens with one attached hydrogen (secondary N) is 1. The average Bonchev–Trinajstić information content (AvgIpc) is 3.01. The van der Waals surface area contributed by atoms with Crippen molar-refractivity contribution in [3.05, 3.63) is 18.7 Å². The summed E-state index contributed by atoms with van der Waals surface area (Å²) in [6.45, 7) is 0. The van der Waals surface area contributed by atoms with Gasteiger partial charge in [0.25, 0.3) is 0 Å². The van der Waals surface area contributed by atoms with E-state index in [0.717, 1.165) is 0 Å². The molecule has 0 bridgehead atoms. The number of nitrogens with two attached hydrogens (primary N) is 1. The molecule has 106 valence electrons. The quantitative estimate of drug-likeness (QED) is 0.328. The maximum Gasteiger partial charge on any atom is 0.306 e. The van der Waals surface area contributed by atoms with Gasteiger partial charge in [0.2, 0.25) is 11.9 Å². The first-order chi connectivity index (χ1) is 9.72. The van der Waals surface area contributed by atoms with Crippen LogP contribution in [0.3, 0.4) is 0 Å². The molecule has 0 aromatic carbocycles. The lowest BCUT2D eigenvalue weighted by atomic mass is 10.5. The predicted octanol–water partition coefficient (Wildman–Crippen LogP) is -0.00190. The maximum absolute atomic E-state index is 11.0. The van der Waals surface area contributed by atoms with E-state index in [0.29, 0.717) is 16.9 Å². The van der Waals surface area contributed by atoms with Gasteiger partial charge in [-0.15, -0.1) is 0 Å². The molecule has 0 atom stereocenters. The average molecular weight is 295 g/mol. The molecular weight excluding hydrogens is 282 g/mol. The zero-order valence-corrected chi connectivity index (χ0v) is 11.5. The molecule has 2 aromatic heterocycles. The highest BCUT2D eigenvalue weighted by atomic mass is 32.2. The van der Waals surface area contributed by atoms with Gasteiger partial charge in [-0.05, 0) is 0 Å². The van der Waals surface area contributed by atoms with Crippen molar-refractivity contribution in [1.29, 1.82) is 0 Å². The number of rotatable bonds is 6. The number of thioether (sulfide) groups is 1. The Morgan fingerprint density at radius 3 is 3.00 bits per heavy atom. The van der Waals surface area contributed by atoms with Gasteiger partial charge in [0.05, 0.1) is 13.5 Å². The van der Waals surface area contributed by atoms with Crippen molar-refractivity contribution in [3.63, 3.8) is 0 Å². The standard InChI is InChI=1S/C10H13N7O2S/c1-19-7(18)2-5-20-10-14-8(16-11)13-9(15-10)17-4-3-12-6-17/h3-4,6H,2,5,11H2,1H3,(H,13,14,15,16). The smallest absolute Gasteiger partial charge is 0.306 e. The third-order valence-corrected chi connectivity index (χ3v) is 3.08. The minimum Gasteiger partial charge on any atom is -0.469 e. The second-order valence-corrected chi connectivity index (χ2v) is 4.59. The Morgan fingerprint density at radius 2 is 2.35 bits per heavy atom. The van der Waals surface area contributed by atoms with Crippen molar-refractivity contribution in [3.8, 4) is 5.95 Å². The number of hydrogen-bond donors (Lipinski definition) is 2. The van der Waals surface area contributed by atoms with Crippen LogP contribution < -0.4 is 11.3 Å². The van der Waals surface area contributed by atoms with Crippen LogP contribution in [-0.4, -0.2) is 43.3 Å². The van der Waals surface area contributed by atoms with Crippen molar-refractivity contribution in [2.24, 2.45) is 5.84 Å². The van der Waals surface area contributed by atoms with Crippen LogP contribution in [0.1, 0.15) is 6.42 Å². The summed E-state index contributed by atoms with van der Waals surface area (Å²) in [7, 11) is 1.35. The molecule has 0 unspecified atom stereocenters. The van der Waals surface area contributed by atoms with Gasteiger partial charge >= 0.3 is 5.97 Å². The van der Waals surface area contributed by atoms with Crippen LogP contribution in [0.15, 0.2) is 23.9 Å². The number of anilines is 1. The van der Waals surface area contributed by atoms with Crippen LogP contribution in [-0.2, 0) is 9.53 Å². The van der Waals surface area contributed by atoms with Crippen molar-refractivity contribution in [1.82, 2.24) is 24.5 Å². The predicted molar refractivity (Wildman–Crippen MR) is 72.1 cm³/mol. The van der Waals surface area contributed by atoms with Gasteiger partial charge in [0, 0.05) is 18.1 Å². The fourth-order valence-electron chi connectivity index (χ4n) is 1.30. The van der Waals surface area contributed by atoms with E-state index in [4.69, 9.17) is 5.84 Å². The van der Waals surface area contributed by atoms with E-state index in [1.165, 1.54) is 18.9 Å². The van der Waals surface area contributed by atoms with E-state index < -0.39 is 0 Å². The number of carbonyl (C=O) groups excluding carboxylic acids is 1. The van der Waals surface area contributed by atoms with E-state index in [9.17, 15) is 4.79 Å². The lowest BCUT2D eigenvalue weighted by molar-refractivity contribution is -0.140. The number of nitrogen functional groups attached to an aromatic ring is 1. The molecule has 0 saturated heterocycles. The monoisotopic (exact) mass is 295 g/mol. The van der Waals surface area contributed by atoms with Gasteiger partial charge in [-0.3, -0.25) is 14.8 Å². The fourth-order valence-corrected chi connectivity index (χ4v) is 2.04. The Hall–Kier alpha value is -2.20. The topological polar surface area (TPSA) is 121 Å². The minimum absolute atomic E-state index is 0.240. The first-order valence-electron chi connectivity index (χ1n) is 5.63. The van der Waals surface area contributed by atoms with E-state index in [1.54, 1.807) is 23.3 Å². The maximum atomic E-state index is 11.0. The van der Waals surface area contributed by atoms with Gasteiger partial charge in [-0.1, -0.05) is 11.8 Å². The second-order valence-electron chi connectivity index (χ2n) is 3.53. The van der Waals surface area contributed by atoms with E-state index in [1.807, 2.05) is 0 Å². The summed E-state index contributed by atoms with van der Waals surface area (Å²) in [5.41, 5.74) is 2.38. The highest BCUT2D eigenvalue weighted by Gasteiger charge is 2.09. The molecule has 2 rings (SSSR count). The molecular formula is C10H13N7O2S. The number of esters is 1. The van der Waals surface area contributed by atoms with E-state index in [-0.39, 0.29) is 18.3 Å². The number of hydrazine groups is 1. The van der Waals surface area contributed by atoms with Crippen LogP contribution in [0.5, 0.6) is 0 Å². The SMILES string of the molecule is COC(=O)CCSc1nc(NN)nc(-n2ccnc2)n1. The Morgan fingerprint density at radius 1 is 1.50 bits per heavy atom. The molecule has 0 radical (unpaired) electrons. The largest absolute Gasteiger partial charge is 0.469 e. The molecule has 20 heavy (non-hydrogen) atoms. The molecule has 3 N–H and O–H groups in total. The molecule has 0 aliphatic carbocycles. The van der Waals surface area contributed by atoms with Gasteiger partial charge in [-0.2, -0.15) is 15.0 Å². The molecule has 0 aliphatic heterocycles. The first-order valence-corrected chi connectivity index (χ1v) is 6.62. The summed E-state index contributed by atoms with van der Waals surface area (Å²) in [4.78, 5) is 27.4. The van der Waals surface area contributed by atoms with Crippen LogP contribution in [0, 0.1) is 0 Å². The molecule has 0 saturated carbocycles. The van der Waals surface area contributed by atoms with Gasteiger partial charge < -0.3 is 4.74 Å². The van der Waals surface area contributed by atoms with E-state index in [2.05, 4.69) is 30.1 Å². The summed E-state index contributed by atoms with van der Waals surface area (Å²) in [6, 6.07) is 0. The van der Waals surface area contributed by atoms with Crippen LogP contribution in [0.25, 0.3) is 5.95 Å². The lowest BCUT2D eigenvalue weighted by Gasteiger charge is -2.06. The normalized spacial score (nSPS) is 10.3.